The average molecular weight is 619 g/mol. The standard InChI is InChI=1S/C29H27F5N6O2S/c1-19-4-5-23(14-27(19)39-9-10-40-28(39)15-26(37-40)21-3-2-7-35-16-21)36-29(42)22-11-20(17-38-8-6-24(41)18-38)12-25(13-22)43(30,31,32,33)34/h2-5,7,9-16,24,41H,6,8,17-18H2,1H3,(H,36,42)/t24-/m0/s1. The molecule has 0 aliphatic carbocycles. The van der Waals surface area contributed by atoms with Gasteiger partial charge in [0.25, 0.3) is 5.91 Å². The van der Waals surface area contributed by atoms with Crippen LogP contribution in [0.5, 0.6) is 0 Å². The highest BCUT2D eigenvalue weighted by atomic mass is 32.5. The van der Waals surface area contributed by atoms with Gasteiger partial charge in [0.1, 0.15) is 10.5 Å². The molecule has 2 N–H and O–H groups in total. The summed E-state index contributed by atoms with van der Waals surface area (Å²) >= 11 is 0. The number of carbonyl (C=O) groups excluding carboxylic acids is 1. The Morgan fingerprint density at radius 3 is 2.58 bits per heavy atom. The van der Waals surface area contributed by atoms with E-state index in [2.05, 4.69) is 15.4 Å². The number of aromatic nitrogens is 4. The van der Waals surface area contributed by atoms with Crippen molar-refractivity contribution in [2.24, 2.45) is 0 Å². The summed E-state index contributed by atoms with van der Waals surface area (Å²) in [6, 6.07) is 12.3. The number of imidazole rings is 1. The number of aryl methyl sites for hydroxylation is 1. The Bertz CT molecular complexity index is 1860. The summed E-state index contributed by atoms with van der Waals surface area (Å²) in [6.07, 6.45) is 6.66. The van der Waals surface area contributed by atoms with Gasteiger partial charge in [0.05, 0.1) is 17.5 Å². The number of likely N-dealkylation sites (tertiary alicyclic amines) is 1. The number of amides is 1. The Labute approximate surface area is 243 Å². The predicted molar refractivity (Wildman–Crippen MR) is 154 cm³/mol. The van der Waals surface area contributed by atoms with E-state index in [9.17, 15) is 29.3 Å². The third-order valence-corrected chi connectivity index (χ3v) is 8.46. The maximum atomic E-state index is 13.9. The number of nitrogens with one attached hydrogen (secondary N) is 1. The van der Waals surface area contributed by atoms with Gasteiger partial charge < -0.3 is 10.4 Å². The summed E-state index contributed by atoms with van der Waals surface area (Å²) in [4.78, 5) is 16.8. The highest BCUT2D eigenvalue weighted by Gasteiger charge is 2.65. The third-order valence-electron chi connectivity index (χ3n) is 7.33. The molecule has 14 heteroatoms. The maximum Gasteiger partial charge on any atom is 0.310 e. The number of nitrogens with zero attached hydrogens (tertiary/aromatic N) is 5. The zero-order chi connectivity index (χ0) is 30.6. The molecule has 1 aliphatic heterocycles. The van der Waals surface area contributed by atoms with Crippen LogP contribution in [0.25, 0.3) is 22.6 Å². The number of rotatable bonds is 7. The number of aliphatic hydroxyl groups is 1. The SMILES string of the molecule is Cc1ccc(NC(=O)c2cc(CN3CC[C@H](O)C3)cc(S(F)(F)(F)(F)F)c2)cc1-n1ccn2nc(-c3cccnc3)cc12. The molecule has 2 aromatic carbocycles. The van der Waals surface area contributed by atoms with Crippen molar-refractivity contribution in [2.75, 3.05) is 18.4 Å². The van der Waals surface area contributed by atoms with Crippen LogP contribution in [0.15, 0.2) is 84.3 Å². The van der Waals surface area contributed by atoms with Crippen LogP contribution >= 0.6 is 10.2 Å². The number of benzene rings is 2. The summed E-state index contributed by atoms with van der Waals surface area (Å²) in [7, 11) is -10.1. The van der Waals surface area contributed by atoms with Gasteiger partial charge in [-0.3, -0.25) is 19.2 Å². The van der Waals surface area contributed by atoms with E-state index < -0.39 is 32.7 Å². The predicted octanol–water partition coefficient (Wildman–Crippen LogP) is 6.97. The minimum absolute atomic E-state index is 0.102. The van der Waals surface area contributed by atoms with E-state index in [1.807, 2.05) is 23.6 Å². The molecule has 4 heterocycles. The van der Waals surface area contributed by atoms with E-state index in [0.29, 0.717) is 36.1 Å². The summed E-state index contributed by atoms with van der Waals surface area (Å²) in [5.74, 6) is -0.970. The first-order valence-corrected chi connectivity index (χ1v) is 15.3. The van der Waals surface area contributed by atoms with Crippen LogP contribution in [0.4, 0.5) is 25.1 Å². The smallest absolute Gasteiger partial charge is 0.310 e. The molecule has 0 radical (unpaired) electrons. The molecule has 0 unspecified atom stereocenters. The van der Waals surface area contributed by atoms with E-state index >= 15 is 0 Å². The largest absolute Gasteiger partial charge is 0.392 e. The number of halogens is 5. The number of fused-ring (bicyclic) bond motifs is 1. The van der Waals surface area contributed by atoms with Gasteiger partial charge in [-0.2, -0.15) is 5.10 Å². The molecular formula is C29H27F5N6O2S. The van der Waals surface area contributed by atoms with Crippen molar-refractivity contribution >= 4 is 27.5 Å². The minimum atomic E-state index is -10.1. The van der Waals surface area contributed by atoms with Crippen LogP contribution < -0.4 is 5.32 Å². The van der Waals surface area contributed by atoms with Crippen molar-refractivity contribution in [1.29, 1.82) is 0 Å². The van der Waals surface area contributed by atoms with Gasteiger partial charge in [-0.1, -0.05) is 25.5 Å². The lowest BCUT2D eigenvalue weighted by Gasteiger charge is -2.41. The molecule has 1 aliphatic rings. The normalized spacial score (nSPS) is 17.6. The highest BCUT2D eigenvalue weighted by molar-refractivity contribution is 8.45. The van der Waals surface area contributed by atoms with Gasteiger partial charge in [0.15, 0.2) is 0 Å². The fraction of sp³-hybridized carbons (Fsp3) is 0.207. The molecular weight excluding hydrogens is 591 g/mol. The first-order valence-electron chi connectivity index (χ1n) is 13.3. The lowest BCUT2D eigenvalue weighted by atomic mass is 10.1. The van der Waals surface area contributed by atoms with Gasteiger partial charge in [0.2, 0.25) is 0 Å². The van der Waals surface area contributed by atoms with Gasteiger partial charge >= 0.3 is 10.2 Å². The van der Waals surface area contributed by atoms with Gasteiger partial charge in [0, 0.05) is 67.3 Å². The first kappa shape index (κ1) is 28.8. The molecule has 6 rings (SSSR count). The molecule has 0 bridgehead atoms. The molecule has 43 heavy (non-hydrogen) atoms. The van der Waals surface area contributed by atoms with Crippen LogP contribution in [0.1, 0.15) is 27.9 Å². The van der Waals surface area contributed by atoms with Crippen molar-refractivity contribution in [2.45, 2.75) is 30.9 Å². The highest BCUT2D eigenvalue weighted by Crippen LogP contribution is 3.02. The van der Waals surface area contributed by atoms with Crippen LogP contribution in [-0.2, 0) is 6.54 Å². The molecule has 8 nitrogen and oxygen atoms in total. The summed E-state index contributed by atoms with van der Waals surface area (Å²) in [5, 5.41) is 16.9. The third kappa shape index (κ3) is 6.12. The fourth-order valence-electron chi connectivity index (χ4n) is 5.21. The molecule has 5 aromatic rings. The van der Waals surface area contributed by atoms with E-state index in [0.717, 1.165) is 11.1 Å². The van der Waals surface area contributed by atoms with E-state index in [-0.39, 0.29) is 30.4 Å². The molecule has 1 saturated heterocycles. The Kier molecular flexibility index (Phi) is 6.45. The second-order valence-electron chi connectivity index (χ2n) is 10.7. The molecule has 0 saturated carbocycles. The second-order valence-corrected chi connectivity index (χ2v) is 13.1. The lowest BCUT2D eigenvalue weighted by Crippen LogP contribution is -2.22. The van der Waals surface area contributed by atoms with Crippen LogP contribution in [0.2, 0.25) is 0 Å². The Hall–Kier alpha value is -4.27. The minimum Gasteiger partial charge on any atom is -0.392 e. The first-order chi connectivity index (χ1) is 20.1. The molecule has 3 aromatic heterocycles. The van der Waals surface area contributed by atoms with Crippen molar-refractivity contribution in [3.05, 3.63) is 96.1 Å². The van der Waals surface area contributed by atoms with Gasteiger partial charge in [-0.05, 0) is 66.9 Å². The molecule has 1 amide bonds. The van der Waals surface area contributed by atoms with Gasteiger partial charge in [-0.15, -0.1) is 0 Å². The summed E-state index contributed by atoms with van der Waals surface area (Å²) < 4.78 is 72.9. The Balaban J connectivity index is 1.32. The lowest BCUT2D eigenvalue weighted by molar-refractivity contribution is 0.102. The number of anilines is 1. The van der Waals surface area contributed by atoms with E-state index in [1.165, 1.54) is 6.07 Å². The summed E-state index contributed by atoms with van der Waals surface area (Å²) in [6.45, 7) is 2.32. The van der Waals surface area contributed by atoms with Gasteiger partial charge in [-0.25, -0.2) is 4.52 Å². The van der Waals surface area contributed by atoms with Crippen LogP contribution in [-0.4, -0.2) is 54.3 Å². The second kappa shape index (κ2) is 9.62. The number of carbonyl (C=O) groups is 1. The molecule has 0 spiro atoms. The average Bonchev–Trinajstić information content (AvgIpc) is 3.65. The quantitative estimate of drug-likeness (QED) is 0.192. The van der Waals surface area contributed by atoms with E-state index in [4.69, 9.17) is 0 Å². The molecule has 1 fully saturated rings. The number of pyridine rings is 1. The van der Waals surface area contributed by atoms with Crippen molar-refractivity contribution in [3.8, 4) is 16.9 Å². The van der Waals surface area contributed by atoms with E-state index in [1.54, 1.807) is 58.5 Å². The van der Waals surface area contributed by atoms with Crippen molar-refractivity contribution < 1.29 is 29.3 Å². The van der Waals surface area contributed by atoms with Crippen LogP contribution in [0, 0.1) is 6.92 Å². The number of hydrogen-bond donors (Lipinski definition) is 2. The Morgan fingerprint density at radius 2 is 1.88 bits per heavy atom. The molecule has 226 valence electrons. The molecule has 1 atom stereocenters. The number of hydrogen-bond acceptors (Lipinski definition) is 5. The maximum absolute atomic E-state index is 13.9. The topological polar surface area (TPSA) is 87.7 Å². The van der Waals surface area contributed by atoms with Crippen molar-refractivity contribution in [3.63, 3.8) is 0 Å². The number of aliphatic hydroxyl groups excluding tert-OH is 1. The fourth-order valence-corrected chi connectivity index (χ4v) is 5.93. The van der Waals surface area contributed by atoms with Crippen molar-refractivity contribution in [1.82, 2.24) is 24.1 Å². The monoisotopic (exact) mass is 618 g/mol. The van der Waals surface area contributed by atoms with Crippen LogP contribution in [0.3, 0.4) is 0 Å². The number of β-amino-alcohol motifs (C(OH)–C–C–N with tert-alkyl or cyclic N) is 1. The summed E-state index contributed by atoms with van der Waals surface area (Å²) in [5.41, 5.74) is 3.33. The zero-order valence-corrected chi connectivity index (χ0v) is 23.6. The zero-order valence-electron chi connectivity index (χ0n) is 22.8. The Morgan fingerprint density at radius 1 is 1.07 bits per heavy atom.